The van der Waals surface area contributed by atoms with Crippen LogP contribution in [0.4, 0.5) is 0 Å². The number of rotatable bonds is 4. The van der Waals surface area contributed by atoms with Crippen LogP contribution < -0.4 is 5.32 Å². The number of ether oxygens (including phenoxy) is 1. The van der Waals surface area contributed by atoms with Gasteiger partial charge in [-0.3, -0.25) is 4.79 Å². The van der Waals surface area contributed by atoms with Gasteiger partial charge in [0.25, 0.3) is 5.91 Å². The van der Waals surface area contributed by atoms with Gasteiger partial charge < -0.3 is 15.2 Å². The van der Waals surface area contributed by atoms with Crippen molar-refractivity contribution in [1.82, 2.24) is 5.32 Å². The summed E-state index contributed by atoms with van der Waals surface area (Å²) >= 11 is 0. The summed E-state index contributed by atoms with van der Waals surface area (Å²) < 4.78 is 4.96. The molecule has 1 aliphatic heterocycles. The van der Waals surface area contributed by atoms with Gasteiger partial charge in [-0.15, -0.1) is 0 Å². The smallest absolute Gasteiger partial charge is 0.329 e. The maximum absolute atomic E-state index is 11.8. The third-order valence-corrected chi connectivity index (χ3v) is 3.22. The molecule has 0 radical (unpaired) electrons. The minimum absolute atomic E-state index is 0.0527. The number of carboxylic acid groups (broad SMARTS) is 1. The van der Waals surface area contributed by atoms with Gasteiger partial charge in [0, 0.05) is 6.42 Å². The van der Waals surface area contributed by atoms with Gasteiger partial charge in [0.15, 0.2) is 0 Å². The Balaban J connectivity index is 2.06. The second kappa shape index (κ2) is 3.81. The van der Waals surface area contributed by atoms with E-state index in [1.807, 2.05) is 0 Å². The molecule has 2 N–H and O–H groups in total. The Hall–Kier alpha value is -1.52. The van der Waals surface area contributed by atoms with Gasteiger partial charge in [-0.2, -0.15) is 0 Å². The minimum Gasteiger partial charge on any atom is -0.500 e. The molecule has 2 rings (SSSR count). The zero-order chi connectivity index (χ0) is 11.8. The zero-order valence-corrected chi connectivity index (χ0v) is 9.16. The average Bonchev–Trinajstić information content (AvgIpc) is 2.94. The fourth-order valence-corrected chi connectivity index (χ4v) is 1.86. The SMILES string of the molecule is CC(NC(=O)C1=COCC1)(C(=O)O)C1CC1. The number of nitrogens with one attached hydrogen (secondary N) is 1. The average molecular weight is 225 g/mol. The first-order chi connectivity index (χ1) is 7.54. The topological polar surface area (TPSA) is 75.6 Å². The molecule has 0 aromatic heterocycles. The van der Waals surface area contributed by atoms with Gasteiger partial charge >= 0.3 is 5.97 Å². The highest BCUT2D eigenvalue weighted by molar-refractivity contribution is 5.97. The predicted octanol–water partition coefficient (Wildman–Crippen LogP) is 0.660. The highest BCUT2D eigenvalue weighted by Crippen LogP contribution is 2.39. The van der Waals surface area contributed by atoms with E-state index in [1.54, 1.807) is 6.92 Å². The summed E-state index contributed by atoms with van der Waals surface area (Å²) in [5.41, 5.74) is -0.617. The third kappa shape index (κ3) is 1.89. The van der Waals surface area contributed by atoms with Crippen molar-refractivity contribution in [2.45, 2.75) is 31.7 Å². The first kappa shape index (κ1) is 11.0. The van der Waals surface area contributed by atoms with E-state index >= 15 is 0 Å². The summed E-state index contributed by atoms with van der Waals surface area (Å²) in [5.74, 6) is -1.24. The molecule has 1 atom stereocenters. The van der Waals surface area contributed by atoms with Crippen molar-refractivity contribution in [2.24, 2.45) is 5.92 Å². The molecule has 0 saturated heterocycles. The fraction of sp³-hybridized carbons (Fsp3) is 0.636. The molecular formula is C11H15NO4. The van der Waals surface area contributed by atoms with E-state index in [0.717, 1.165) is 12.8 Å². The molecule has 88 valence electrons. The first-order valence-electron chi connectivity index (χ1n) is 5.40. The van der Waals surface area contributed by atoms with Gasteiger partial charge in [0.2, 0.25) is 0 Å². The Morgan fingerprint density at radius 2 is 2.25 bits per heavy atom. The standard InChI is InChI=1S/C11H15NO4/c1-11(10(14)15,8-2-3-8)12-9(13)7-4-5-16-6-7/h6,8H,2-5H2,1H3,(H,12,13)(H,14,15). The Morgan fingerprint density at radius 3 is 2.69 bits per heavy atom. The maximum Gasteiger partial charge on any atom is 0.329 e. The molecule has 1 amide bonds. The van der Waals surface area contributed by atoms with Crippen LogP contribution in [0.3, 0.4) is 0 Å². The van der Waals surface area contributed by atoms with E-state index < -0.39 is 11.5 Å². The van der Waals surface area contributed by atoms with E-state index in [1.165, 1.54) is 6.26 Å². The molecule has 1 heterocycles. The van der Waals surface area contributed by atoms with Crippen LogP contribution in [-0.2, 0) is 14.3 Å². The van der Waals surface area contributed by atoms with Gasteiger partial charge in [0.05, 0.1) is 18.4 Å². The zero-order valence-electron chi connectivity index (χ0n) is 9.16. The maximum atomic E-state index is 11.8. The molecule has 5 nitrogen and oxygen atoms in total. The molecular weight excluding hydrogens is 210 g/mol. The quantitative estimate of drug-likeness (QED) is 0.737. The van der Waals surface area contributed by atoms with Crippen molar-refractivity contribution in [3.05, 3.63) is 11.8 Å². The molecule has 1 saturated carbocycles. The number of aliphatic carboxylic acids is 1. The molecule has 0 spiro atoms. The summed E-state index contributed by atoms with van der Waals surface area (Å²) in [5, 5.41) is 11.8. The van der Waals surface area contributed by atoms with Gasteiger partial charge in [-0.05, 0) is 25.7 Å². The van der Waals surface area contributed by atoms with Gasteiger partial charge in [0.1, 0.15) is 5.54 Å². The van der Waals surface area contributed by atoms with E-state index in [-0.39, 0.29) is 11.8 Å². The second-order valence-electron chi connectivity index (χ2n) is 4.50. The van der Waals surface area contributed by atoms with Crippen LogP contribution in [0.5, 0.6) is 0 Å². The monoisotopic (exact) mass is 225 g/mol. The molecule has 2 aliphatic rings. The summed E-state index contributed by atoms with van der Waals surface area (Å²) in [7, 11) is 0. The highest BCUT2D eigenvalue weighted by atomic mass is 16.5. The lowest BCUT2D eigenvalue weighted by Gasteiger charge is -2.26. The highest BCUT2D eigenvalue weighted by Gasteiger charge is 2.48. The van der Waals surface area contributed by atoms with Gasteiger partial charge in [-0.25, -0.2) is 4.79 Å². The Kier molecular flexibility index (Phi) is 2.61. The Morgan fingerprint density at radius 1 is 1.56 bits per heavy atom. The third-order valence-electron chi connectivity index (χ3n) is 3.22. The van der Waals surface area contributed by atoms with Crippen LogP contribution in [0.15, 0.2) is 11.8 Å². The normalized spacial score (nSPS) is 22.9. The first-order valence-corrected chi connectivity index (χ1v) is 5.40. The predicted molar refractivity (Wildman–Crippen MR) is 55.6 cm³/mol. The van der Waals surface area contributed by atoms with E-state index in [2.05, 4.69) is 5.32 Å². The van der Waals surface area contributed by atoms with Crippen LogP contribution >= 0.6 is 0 Å². The van der Waals surface area contributed by atoms with Crippen molar-refractivity contribution >= 4 is 11.9 Å². The van der Waals surface area contributed by atoms with Crippen molar-refractivity contribution in [3.63, 3.8) is 0 Å². The molecule has 5 heteroatoms. The molecule has 0 bridgehead atoms. The summed E-state index contributed by atoms with van der Waals surface area (Å²) in [6.07, 6.45) is 3.67. The number of carbonyl (C=O) groups excluding carboxylic acids is 1. The molecule has 16 heavy (non-hydrogen) atoms. The van der Waals surface area contributed by atoms with Crippen molar-refractivity contribution in [3.8, 4) is 0 Å². The van der Waals surface area contributed by atoms with E-state index in [9.17, 15) is 9.59 Å². The lowest BCUT2D eigenvalue weighted by Crippen LogP contribution is -2.54. The van der Waals surface area contributed by atoms with Crippen LogP contribution in [0.25, 0.3) is 0 Å². The number of hydrogen-bond donors (Lipinski definition) is 2. The summed E-state index contributed by atoms with van der Waals surface area (Å²) in [6, 6.07) is 0. The largest absolute Gasteiger partial charge is 0.500 e. The van der Waals surface area contributed by atoms with Crippen molar-refractivity contribution in [1.29, 1.82) is 0 Å². The van der Waals surface area contributed by atoms with Crippen LogP contribution in [0, 0.1) is 5.92 Å². The Labute approximate surface area is 93.5 Å². The van der Waals surface area contributed by atoms with Crippen molar-refractivity contribution < 1.29 is 19.4 Å². The molecule has 1 fully saturated rings. The number of carbonyl (C=O) groups is 2. The van der Waals surface area contributed by atoms with Crippen molar-refractivity contribution in [2.75, 3.05) is 6.61 Å². The lowest BCUT2D eigenvalue weighted by atomic mass is 9.95. The van der Waals surface area contributed by atoms with Crippen LogP contribution in [-0.4, -0.2) is 29.1 Å². The summed E-state index contributed by atoms with van der Waals surface area (Å²) in [4.78, 5) is 23.0. The molecule has 0 aromatic rings. The Bertz CT molecular complexity index is 359. The lowest BCUT2D eigenvalue weighted by molar-refractivity contribution is -0.147. The number of amides is 1. The molecule has 0 aromatic carbocycles. The minimum atomic E-state index is -1.14. The van der Waals surface area contributed by atoms with E-state index in [0.29, 0.717) is 18.6 Å². The number of hydrogen-bond acceptors (Lipinski definition) is 3. The fourth-order valence-electron chi connectivity index (χ4n) is 1.86. The van der Waals surface area contributed by atoms with Crippen LogP contribution in [0.2, 0.25) is 0 Å². The molecule has 1 unspecified atom stereocenters. The van der Waals surface area contributed by atoms with Gasteiger partial charge in [-0.1, -0.05) is 0 Å². The second-order valence-corrected chi connectivity index (χ2v) is 4.50. The molecule has 1 aliphatic carbocycles. The van der Waals surface area contributed by atoms with Crippen LogP contribution in [0.1, 0.15) is 26.2 Å². The summed E-state index contributed by atoms with van der Waals surface area (Å²) in [6.45, 7) is 2.07. The van der Waals surface area contributed by atoms with E-state index in [4.69, 9.17) is 9.84 Å². The number of carboxylic acids is 1.